The number of carbonyl (C=O) groups excluding carboxylic acids is 3. The minimum absolute atomic E-state index is 0.124. The molecule has 136 valence electrons. The number of amides is 3. The summed E-state index contributed by atoms with van der Waals surface area (Å²) in [6.45, 7) is 1.44. The molecule has 7 nitrogen and oxygen atoms in total. The highest BCUT2D eigenvalue weighted by Crippen LogP contribution is 2.24. The molecule has 0 radical (unpaired) electrons. The second-order valence-electron chi connectivity index (χ2n) is 6.13. The van der Waals surface area contributed by atoms with Gasteiger partial charge in [0.1, 0.15) is 5.75 Å². The van der Waals surface area contributed by atoms with E-state index in [1.807, 2.05) is 24.3 Å². The average Bonchev–Trinajstić information content (AvgIpc) is 3.10. The number of hydrogen-bond donors (Lipinski definition) is 3. The van der Waals surface area contributed by atoms with Gasteiger partial charge in [0.2, 0.25) is 17.7 Å². The minimum atomic E-state index is -0.404. The summed E-state index contributed by atoms with van der Waals surface area (Å²) in [6, 6.07) is 7.66. The number of benzene rings is 1. The van der Waals surface area contributed by atoms with Crippen molar-refractivity contribution < 1.29 is 19.1 Å². The Morgan fingerprint density at radius 3 is 2.20 bits per heavy atom. The van der Waals surface area contributed by atoms with E-state index >= 15 is 0 Å². The fourth-order valence-electron chi connectivity index (χ4n) is 2.59. The molecule has 0 aromatic heterocycles. The predicted molar refractivity (Wildman–Crippen MR) is 92.9 cm³/mol. The lowest BCUT2D eigenvalue weighted by molar-refractivity contribution is -0.127. The third kappa shape index (κ3) is 7.24. The van der Waals surface area contributed by atoms with Gasteiger partial charge in [0.05, 0.1) is 19.2 Å². The molecule has 1 aliphatic rings. The van der Waals surface area contributed by atoms with Gasteiger partial charge >= 0.3 is 0 Å². The van der Waals surface area contributed by atoms with Gasteiger partial charge in [-0.3, -0.25) is 14.4 Å². The Morgan fingerprint density at radius 2 is 1.56 bits per heavy atom. The largest absolute Gasteiger partial charge is 0.490 e. The SMILES string of the molecule is CC(=O)NCC(=O)NCC(=O)NCc1ccc(OC2CCCC2)cc1. The quantitative estimate of drug-likeness (QED) is 0.650. The summed E-state index contributed by atoms with van der Waals surface area (Å²) in [7, 11) is 0. The Labute approximate surface area is 147 Å². The average molecular weight is 347 g/mol. The maximum absolute atomic E-state index is 11.7. The summed E-state index contributed by atoms with van der Waals surface area (Å²) in [4.78, 5) is 33.8. The molecule has 25 heavy (non-hydrogen) atoms. The van der Waals surface area contributed by atoms with Crippen molar-refractivity contribution >= 4 is 17.7 Å². The number of nitrogens with one attached hydrogen (secondary N) is 3. The number of hydrogen-bond acceptors (Lipinski definition) is 4. The summed E-state index contributed by atoms with van der Waals surface area (Å²) in [5.41, 5.74) is 0.955. The number of ether oxygens (including phenoxy) is 1. The van der Waals surface area contributed by atoms with Crippen molar-refractivity contribution in [3.8, 4) is 5.75 Å². The molecule has 1 fully saturated rings. The molecular weight excluding hydrogens is 322 g/mol. The molecule has 3 amide bonds. The summed E-state index contributed by atoms with van der Waals surface area (Å²) in [5.74, 6) is -0.131. The van der Waals surface area contributed by atoms with Crippen LogP contribution in [0, 0.1) is 0 Å². The van der Waals surface area contributed by atoms with Crippen LogP contribution in [-0.2, 0) is 20.9 Å². The maximum atomic E-state index is 11.7. The molecule has 0 spiro atoms. The summed E-state index contributed by atoms with van der Waals surface area (Å²) in [6.07, 6.45) is 5.02. The van der Waals surface area contributed by atoms with Crippen LogP contribution in [0.3, 0.4) is 0 Å². The Bertz CT molecular complexity index is 595. The molecule has 7 heteroatoms. The van der Waals surface area contributed by atoms with Gasteiger partial charge in [0.15, 0.2) is 0 Å². The van der Waals surface area contributed by atoms with Crippen molar-refractivity contribution in [1.82, 2.24) is 16.0 Å². The van der Waals surface area contributed by atoms with Crippen molar-refractivity contribution in [2.24, 2.45) is 0 Å². The minimum Gasteiger partial charge on any atom is -0.490 e. The molecule has 1 aromatic carbocycles. The molecule has 1 aliphatic carbocycles. The molecule has 0 bridgehead atoms. The van der Waals surface area contributed by atoms with Crippen LogP contribution in [0.1, 0.15) is 38.2 Å². The zero-order chi connectivity index (χ0) is 18.1. The second-order valence-corrected chi connectivity index (χ2v) is 6.13. The van der Waals surface area contributed by atoms with Crippen LogP contribution < -0.4 is 20.7 Å². The van der Waals surface area contributed by atoms with Crippen molar-refractivity contribution in [1.29, 1.82) is 0 Å². The van der Waals surface area contributed by atoms with Gasteiger partial charge in [-0.2, -0.15) is 0 Å². The first-order valence-electron chi connectivity index (χ1n) is 8.56. The first kappa shape index (κ1) is 18.8. The van der Waals surface area contributed by atoms with Crippen LogP contribution in [0.15, 0.2) is 24.3 Å². The monoisotopic (exact) mass is 347 g/mol. The highest BCUT2D eigenvalue weighted by atomic mass is 16.5. The van der Waals surface area contributed by atoms with Crippen LogP contribution in [0.5, 0.6) is 5.75 Å². The highest BCUT2D eigenvalue weighted by Gasteiger charge is 2.16. The fourth-order valence-corrected chi connectivity index (χ4v) is 2.59. The van der Waals surface area contributed by atoms with Crippen molar-refractivity contribution in [3.63, 3.8) is 0 Å². The molecule has 2 rings (SSSR count). The van der Waals surface area contributed by atoms with Crippen LogP contribution in [0.25, 0.3) is 0 Å². The van der Waals surface area contributed by atoms with E-state index < -0.39 is 5.91 Å². The smallest absolute Gasteiger partial charge is 0.239 e. The molecule has 0 heterocycles. The zero-order valence-electron chi connectivity index (χ0n) is 14.5. The molecule has 1 saturated carbocycles. The van der Waals surface area contributed by atoms with E-state index in [1.165, 1.54) is 19.8 Å². The third-order valence-corrected chi connectivity index (χ3v) is 3.96. The van der Waals surface area contributed by atoms with E-state index in [4.69, 9.17) is 4.74 Å². The van der Waals surface area contributed by atoms with Crippen LogP contribution >= 0.6 is 0 Å². The molecular formula is C18H25N3O4. The first-order valence-corrected chi connectivity index (χ1v) is 8.56. The van der Waals surface area contributed by atoms with Crippen molar-refractivity contribution in [2.45, 2.75) is 45.3 Å². The lowest BCUT2D eigenvalue weighted by atomic mass is 10.2. The Morgan fingerprint density at radius 1 is 0.960 bits per heavy atom. The van der Waals surface area contributed by atoms with E-state index in [0.29, 0.717) is 12.6 Å². The van der Waals surface area contributed by atoms with Gasteiger partial charge in [-0.05, 0) is 43.4 Å². The van der Waals surface area contributed by atoms with E-state index in [0.717, 1.165) is 24.2 Å². The van der Waals surface area contributed by atoms with Gasteiger partial charge in [0.25, 0.3) is 0 Å². The molecule has 3 N–H and O–H groups in total. The van der Waals surface area contributed by atoms with Gasteiger partial charge in [-0.1, -0.05) is 12.1 Å². The normalized spacial score (nSPS) is 14.0. The number of carbonyl (C=O) groups is 3. The van der Waals surface area contributed by atoms with Gasteiger partial charge in [-0.25, -0.2) is 0 Å². The molecule has 0 unspecified atom stereocenters. The van der Waals surface area contributed by atoms with Crippen LogP contribution in [0.4, 0.5) is 0 Å². The highest BCUT2D eigenvalue weighted by molar-refractivity contribution is 5.87. The summed E-state index contributed by atoms with van der Waals surface area (Å²) in [5, 5.41) is 7.53. The lowest BCUT2D eigenvalue weighted by Gasteiger charge is -2.13. The topological polar surface area (TPSA) is 96.5 Å². The first-order chi connectivity index (χ1) is 12.0. The third-order valence-electron chi connectivity index (χ3n) is 3.96. The second kappa shape index (κ2) is 9.66. The maximum Gasteiger partial charge on any atom is 0.239 e. The lowest BCUT2D eigenvalue weighted by Crippen LogP contribution is -2.41. The summed E-state index contributed by atoms with van der Waals surface area (Å²) >= 11 is 0. The fraction of sp³-hybridized carbons (Fsp3) is 0.500. The predicted octanol–water partition coefficient (Wildman–Crippen LogP) is 0.877. The van der Waals surface area contributed by atoms with E-state index in [9.17, 15) is 14.4 Å². The van der Waals surface area contributed by atoms with E-state index in [-0.39, 0.29) is 24.9 Å². The van der Waals surface area contributed by atoms with Crippen molar-refractivity contribution in [3.05, 3.63) is 29.8 Å². The molecule has 0 atom stereocenters. The molecule has 1 aromatic rings. The van der Waals surface area contributed by atoms with Gasteiger partial charge < -0.3 is 20.7 Å². The van der Waals surface area contributed by atoms with E-state index in [2.05, 4.69) is 16.0 Å². The van der Waals surface area contributed by atoms with Crippen LogP contribution in [-0.4, -0.2) is 36.9 Å². The Kier molecular flexibility index (Phi) is 7.25. The van der Waals surface area contributed by atoms with Crippen LogP contribution in [0.2, 0.25) is 0 Å². The molecule has 0 saturated heterocycles. The number of rotatable bonds is 8. The molecule has 0 aliphatic heterocycles. The summed E-state index contributed by atoms with van der Waals surface area (Å²) < 4.78 is 5.90. The zero-order valence-corrected chi connectivity index (χ0v) is 14.5. The van der Waals surface area contributed by atoms with Crippen molar-refractivity contribution in [2.75, 3.05) is 13.1 Å². The Balaban J connectivity index is 1.65. The van der Waals surface area contributed by atoms with Gasteiger partial charge in [0, 0.05) is 13.5 Å². The van der Waals surface area contributed by atoms with E-state index in [1.54, 1.807) is 0 Å². The Hall–Kier alpha value is -2.57. The van der Waals surface area contributed by atoms with Gasteiger partial charge in [-0.15, -0.1) is 0 Å². The standard InChI is InChI=1S/C18H25N3O4/c1-13(22)19-11-17(23)21-12-18(24)20-10-14-6-8-16(9-7-14)25-15-4-2-3-5-15/h6-9,15H,2-5,10-12H2,1H3,(H,19,22)(H,20,24)(H,21,23).